The van der Waals surface area contributed by atoms with Crippen molar-refractivity contribution in [1.29, 1.82) is 0 Å². The first-order valence-electron chi connectivity index (χ1n) is 57.9. The van der Waals surface area contributed by atoms with Crippen LogP contribution in [0.3, 0.4) is 0 Å². The number of carbonyl (C=O) groups is 6. The number of unbranched alkanes of at least 4 members (excludes halogenated alkanes) is 83. The smallest absolute Gasteiger partial charge is 0.333 e. The van der Waals surface area contributed by atoms with Crippen molar-refractivity contribution < 1.29 is 57.2 Å². The number of ether oxygens (including phenoxy) is 6. The van der Waals surface area contributed by atoms with Crippen molar-refractivity contribution in [3.05, 3.63) is 74.9 Å². The molecule has 0 saturated heterocycles. The Kier molecular flexibility index (Phi) is 137. The molecule has 0 saturated carbocycles. The van der Waals surface area contributed by atoms with E-state index in [-0.39, 0.29) is 35.8 Å². The second-order valence-corrected chi connectivity index (χ2v) is 38.7. The van der Waals surface area contributed by atoms with Crippen molar-refractivity contribution in [1.82, 2.24) is 0 Å². The summed E-state index contributed by atoms with van der Waals surface area (Å²) in [6.07, 6.45) is 126. The average Bonchev–Trinajstić information content (AvgIpc) is 1.01. The van der Waals surface area contributed by atoms with E-state index in [0.29, 0.717) is 50.8 Å². The maximum atomic E-state index is 11.3. The van der Waals surface area contributed by atoms with Crippen molar-refractivity contribution in [3.63, 3.8) is 0 Å². The maximum Gasteiger partial charge on any atom is 0.333 e. The fourth-order valence-corrected chi connectivity index (χ4v) is 16.2. The lowest BCUT2D eigenvalue weighted by atomic mass is 10.0. The Hall–Kier alpha value is -4.74. The molecule has 0 spiro atoms. The number of rotatable bonds is 101. The summed E-state index contributed by atoms with van der Waals surface area (Å²) < 4.78 is 29.8. The van der Waals surface area contributed by atoms with Gasteiger partial charge in [-0.1, -0.05) is 614 Å². The highest BCUT2D eigenvalue weighted by molar-refractivity contribution is 5.87. The molecule has 0 atom stereocenters. The Balaban J connectivity index is -0.000000382. The molecule has 0 fully saturated rings. The summed E-state index contributed by atoms with van der Waals surface area (Å²) in [5.74, 6) is -1.73. The summed E-state index contributed by atoms with van der Waals surface area (Å²) in [4.78, 5) is 65.3. The minimum absolute atomic E-state index is 0.250. The molecule has 0 rings (SSSR count). The molecule has 0 unspecified atom stereocenters. The monoisotopic (exact) mass is 1880 g/mol. The third-order valence-electron chi connectivity index (χ3n) is 25.0. The maximum absolute atomic E-state index is 11.3. The van der Waals surface area contributed by atoms with Crippen molar-refractivity contribution in [3.8, 4) is 0 Å². The molecule has 133 heavy (non-hydrogen) atoms. The molecule has 0 amide bonds. The minimum atomic E-state index is -0.309. The first-order valence-corrected chi connectivity index (χ1v) is 57.9. The van der Waals surface area contributed by atoms with E-state index < -0.39 is 0 Å². The zero-order valence-corrected chi connectivity index (χ0v) is 90.6. The Bertz CT molecular complexity index is 2380. The molecule has 0 radical (unpaired) electrons. The molecule has 0 aliphatic heterocycles. The predicted molar refractivity (Wildman–Crippen MR) is 581 cm³/mol. The summed E-state index contributed by atoms with van der Waals surface area (Å²) in [5.41, 5.74) is 0.991. The number of esters is 6. The van der Waals surface area contributed by atoms with E-state index in [1.165, 1.54) is 538 Å². The van der Waals surface area contributed by atoms with Crippen LogP contribution in [0.4, 0.5) is 0 Å². The second-order valence-electron chi connectivity index (χ2n) is 38.7. The largest absolute Gasteiger partial charge is 0.463 e. The van der Waals surface area contributed by atoms with Gasteiger partial charge in [0, 0.05) is 35.5 Å². The van der Waals surface area contributed by atoms with Crippen LogP contribution in [0.5, 0.6) is 0 Å². The van der Waals surface area contributed by atoms with Crippen molar-refractivity contribution in [2.24, 2.45) is 0 Å². The van der Waals surface area contributed by atoms with Gasteiger partial charge in [-0.3, -0.25) is 0 Å². The van der Waals surface area contributed by atoms with Gasteiger partial charge in [-0.05, 0) is 52.4 Å². The van der Waals surface area contributed by atoms with Gasteiger partial charge in [0.1, 0.15) is 0 Å². The zero-order valence-electron chi connectivity index (χ0n) is 90.6. The lowest BCUT2D eigenvalue weighted by Crippen LogP contribution is -2.05. The van der Waals surface area contributed by atoms with Gasteiger partial charge in [0.2, 0.25) is 0 Å². The fraction of sp³-hybridized carbons (Fsp3) is 0.851. The van der Waals surface area contributed by atoms with E-state index in [1.54, 1.807) is 13.8 Å². The quantitative estimate of drug-likeness (QED) is 0.0246. The summed E-state index contributed by atoms with van der Waals surface area (Å²) in [5, 5.41) is 0. The van der Waals surface area contributed by atoms with Crippen LogP contribution in [0.15, 0.2) is 74.9 Å². The molecule has 12 heteroatoms. The molecule has 0 aliphatic rings. The van der Waals surface area contributed by atoms with Gasteiger partial charge in [0.15, 0.2) is 0 Å². The van der Waals surface area contributed by atoms with Crippen LogP contribution in [0.25, 0.3) is 0 Å². The van der Waals surface area contributed by atoms with Crippen molar-refractivity contribution in [2.45, 2.75) is 627 Å². The molecular weight excluding hydrogens is 1650 g/mol. The molecule has 0 aromatic rings. The Labute approximate surface area is 829 Å². The van der Waals surface area contributed by atoms with Crippen LogP contribution in [0, 0.1) is 0 Å². The Morgan fingerprint density at radius 3 is 0.316 bits per heavy atom. The number of hydrogen-bond acceptors (Lipinski definition) is 12. The molecule has 0 N–H and O–H groups in total. The number of hydrogen-bond donors (Lipinski definition) is 0. The van der Waals surface area contributed by atoms with Gasteiger partial charge in [0.25, 0.3) is 0 Å². The zero-order chi connectivity index (χ0) is 98.9. The van der Waals surface area contributed by atoms with Crippen LogP contribution in [0.2, 0.25) is 0 Å². The van der Waals surface area contributed by atoms with E-state index in [9.17, 15) is 28.8 Å². The molecular formula is C121H230O12. The molecule has 0 aromatic heterocycles. The lowest BCUT2D eigenvalue weighted by molar-refractivity contribution is -0.139. The van der Waals surface area contributed by atoms with Crippen LogP contribution < -0.4 is 0 Å². The summed E-state index contributed by atoms with van der Waals surface area (Å²) in [6.45, 7) is 40.8. The first-order chi connectivity index (χ1) is 65.1. The van der Waals surface area contributed by atoms with Crippen LogP contribution in [0.1, 0.15) is 627 Å². The molecule has 0 heterocycles. The molecule has 0 aliphatic carbocycles. The van der Waals surface area contributed by atoms with Gasteiger partial charge >= 0.3 is 35.8 Å². The highest BCUT2D eigenvalue weighted by Crippen LogP contribution is 2.22. The second kappa shape index (κ2) is 131. The average molecular weight is 1880 g/mol. The normalized spacial score (nSPS) is 10.6. The van der Waals surface area contributed by atoms with Crippen LogP contribution in [-0.2, 0) is 57.2 Å². The first kappa shape index (κ1) is 139. The highest BCUT2D eigenvalue weighted by Gasteiger charge is 2.07. The third kappa shape index (κ3) is 143. The van der Waals surface area contributed by atoms with Gasteiger partial charge in [-0.2, -0.15) is 0 Å². The number of carbonyl (C=O) groups excluding carboxylic acids is 6. The van der Waals surface area contributed by atoms with E-state index in [1.807, 2.05) is 0 Å². The molecule has 12 nitrogen and oxygen atoms in total. The molecule has 0 bridgehead atoms. The van der Waals surface area contributed by atoms with Crippen LogP contribution >= 0.6 is 0 Å². The van der Waals surface area contributed by atoms with Gasteiger partial charge in [-0.25, -0.2) is 28.8 Å². The molecule has 0 aromatic carbocycles. The lowest BCUT2D eigenvalue weighted by Gasteiger charge is -2.05. The van der Waals surface area contributed by atoms with Crippen molar-refractivity contribution >= 4 is 35.8 Å². The Morgan fingerprint density at radius 1 is 0.150 bits per heavy atom. The molecule has 786 valence electrons. The SMILES string of the molecule is C=C(C)C(=O)OCCCCCCCCCCCCCCCCCCCCCCCCCCCCC.C=C(C)C(=O)OCCCCCCCCCCCCCCCCCCCCCCCCCCCCCC.C=CC(=O)OCCCCCCCCC.C=CC(=O)OCCCCCCCCCC.C=CC(=O)OCCCCCCCCCCC.C=CC(=O)OCCCCCCCCCCCC. The van der Waals surface area contributed by atoms with E-state index in [4.69, 9.17) is 28.4 Å². The minimum Gasteiger partial charge on any atom is -0.463 e. The van der Waals surface area contributed by atoms with E-state index in [0.717, 1.165) is 57.8 Å². The standard InChI is InChI=1S/C34H66O2.C33H64O2.C15H28O2.C14H26O2.C13H24O2.C12H22O2/c1-4-5-6-7-8-9-10-11-12-13-14-15-16-17-18-19-20-21-22-23-24-25-26-27-28-29-30-31-32-36-34(35)33(2)3;1-4-5-6-7-8-9-10-11-12-13-14-15-16-17-18-19-20-21-22-23-24-25-26-27-28-29-30-31-35-33(34)32(2)3;1-3-5-6-7-8-9-10-11-12-13-14-17-15(16)4-2;1-3-5-6-7-8-9-10-11-12-13-16-14(15)4-2;1-3-5-6-7-8-9-10-11-12-15-13(14)4-2;1-3-5-6-7-8-9-10-11-14-12(13)4-2/h2,4-32H2,1,3H3;2,4-31H2,1,3H3;4H,2-3,5-14H2,1H3;4H,2-3,5-13H2,1H3;4H,2-3,5-12H2,1H3;4H,2-3,5-11H2,1H3. The predicted octanol–water partition coefficient (Wildman–Crippen LogP) is 39.9. The Morgan fingerprint density at radius 2 is 0.233 bits per heavy atom. The van der Waals surface area contributed by atoms with E-state index in [2.05, 4.69) is 81.0 Å². The third-order valence-corrected chi connectivity index (χ3v) is 25.0. The summed E-state index contributed by atoms with van der Waals surface area (Å²) in [6, 6.07) is 0. The summed E-state index contributed by atoms with van der Waals surface area (Å²) >= 11 is 0. The topological polar surface area (TPSA) is 158 Å². The highest BCUT2D eigenvalue weighted by atomic mass is 16.5. The van der Waals surface area contributed by atoms with Crippen molar-refractivity contribution in [2.75, 3.05) is 39.6 Å². The van der Waals surface area contributed by atoms with Gasteiger partial charge in [0.05, 0.1) is 39.6 Å². The van der Waals surface area contributed by atoms with Gasteiger partial charge < -0.3 is 28.4 Å². The fourth-order valence-electron chi connectivity index (χ4n) is 16.2. The summed E-state index contributed by atoms with van der Waals surface area (Å²) in [7, 11) is 0. The van der Waals surface area contributed by atoms with Gasteiger partial charge in [-0.15, -0.1) is 0 Å². The van der Waals surface area contributed by atoms with E-state index >= 15 is 0 Å². The van der Waals surface area contributed by atoms with Crippen LogP contribution in [-0.4, -0.2) is 75.5 Å².